The maximum atomic E-state index is 4.73. The van der Waals surface area contributed by atoms with Crippen LogP contribution in [-0.2, 0) is 12.2 Å². The van der Waals surface area contributed by atoms with Gasteiger partial charge in [-0.3, -0.25) is 0 Å². The molecule has 0 spiro atoms. The van der Waals surface area contributed by atoms with E-state index in [9.17, 15) is 0 Å². The molecule has 0 radical (unpaired) electrons. The molecule has 0 aliphatic heterocycles. The van der Waals surface area contributed by atoms with Crippen molar-refractivity contribution < 1.29 is 0 Å². The SMILES string of the molecule is CCCNC(Cc1csc(CSC)n1)c1ccccc1. The minimum absolute atomic E-state index is 0.361. The number of nitrogens with zero attached hydrogens (tertiary/aromatic N) is 1. The highest BCUT2D eigenvalue weighted by atomic mass is 32.2. The summed E-state index contributed by atoms with van der Waals surface area (Å²) >= 11 is 3.60. The summed E-state index contributed by atoms with van der Waals surface area (Å²) < 4.78 is 0. The summed E-state index contributed by atoms with van der Waals surface area (Å²) in [6.45, 7) is 3.25. The van der Waals surface area contributed by atoms with Gasteiger partial charge >= 0.3 is 0 Å². The van der Waals surface area contributed by atoms with Crippen LogP contribution in [0.5, 0.6) is 0 Å². The average molecular weight is 306 g/mol. The molecule has 1 heterocycles. The second-order valence-electron chi connectivity index (χ2n) is 4.79. The minimum atomic E-state index is 0.361. The van der Waals surface area contributed by atoms with Crippen molar-refractivity contribution >= 4 is 23.1 Å². The Hall–Kier alpha value is -0.840. The molecule has 0 aliphatic rings. The molecule has 1 atom stereocenters. The summed E-state index contributed by atoms with van der Waals surface area (Å²) in [5.74, 6) is 1.02. The van der Waals surface area contributed by atoms with Crippen LogP contribution < -0.4 is 5.32 Å². The molecule has 2 rings (SSSR count). The summed E-state index contributed by atoms with van der Waals surface area (Å²) in [4.78, 5) is 4.73. The first kappa shape index (κ1) is 15.5. The molecule has 0 fully saturated rings. The molecule has 1 N–H and O–H groups in total. The average Bonchev–Trinajstić information content (AvgIpc) is 2.92. The Bertz CT molecular complexity index is 496. The fourth-order valence-electron chi connectivity index (χ4n) is 2.15. The molecule has 0 aliphatic carbocycles. The molecule has 0 amide bonds. The van der Waals surface area contributed by atoms with Crippen LogP contribution in [0.4, 0.5) is 0 Å². The number of thioether (sulfide) groups is 1. The zero-order valence-electron chi connectivity index (χ0n) is 12.1. The molecule has 1 unspecified atom stereocenters. The first-order valence-corrected chi connectivity index (χ1v) is 9.31. The van der Waals surface area contributed by atoms with E-state index in [1.54, 1.807) is 11.3 Å². The van der Waals surface area contributed by atoms with Gasteiger partial charge in [0.2, 0.25) is 0 Å². The maximum absolute atomic E-state index is 4.73. The maximum Gasteiger partial charge on any atom is 0.103 e. The fourth-order valence-corrected chi connectivity index (χ4v) is 3.68. The summed E-state index contributed by atoms with van der Waals surface area (Å²) in [6.07, 6.45) is 4.24. The normalized spacial score (nSPS) is 12.5. The van der Waals surface area contributed by atoms with E-state index in [1.807, 2.05) is 11.8 Å². The van der Waals surface area contributed by atoms with E-state index < -0.39 is 0 Å². The van der Waals surface area contributed by atoms with E-state index in [0.29, 0.717) is 6.04 Å². The largest absolute Gasteiger partial charge is 0.310 e. The molecular weight excluding hydrogens is 284 g/mol. The van der Waals surface area contributed by atoms with Gasteiger partial charge in [0.05, 0.1) is 5.69 Å². The van der Waals surface area contributed by atoms with Gasteiger partial charge in [0.25, 0.3) is 0 Å². The lowest BCUT2D eigenvalue weighted by atomic mass is 10.0. The lowest BCUT2D eigenvalue weighted by molar-refractivity contribution is 0.525. The van der Waals surface area contributed by atoms with Crippen molar-refractivity contribution in [2.24, 2.45) is 0 Å². The van der Waals surface area contributed by atoms with Crippen molar-refractivity contribution in [2.75, 3.05) is 12.8 Å². The van der Waals surface area contributed by atoms with Crippen molar-refractivity contribution in [3.05, 3.63) is 52.0 Å². The van der Waals surface area contributed by atoms with Crippen LogP contribution in [0, 0.1) is 0 Å². The third-order valence-electron chi connectivity index (χ3n) is 3.12. The molecule has 20 heavy (non-hydrogen) atoms. The quantitative estimate of drug-likeness (QED) is 0.787. The zero-order valence-corrected chi connectivity index (χ0v) is 13.8. The van der Waals surface area contributed by atoms with Gasteiger partial charge in [-0.05, 0) is 24.8 Å². The van der Waals surface area contributed by atoms with E-state index in [1.165, 1.54) is 16.3 Å². The summed E-state index contributed by atoms with van der Waals surface area (Å²) in [5.41, 5.74) is 2.55. The van der Waals surface area contributed by atoms with E-state index in [4.69, 9.17) is 4.98 Å². The zero-order chi connectivity index (χ0) is 14.2. The van der Waals surface area contributed by atoms with Crippen molar-refractivity contribution in [2.45, 2.75) is 31.6 Å². The second-order valence-corrected chi connectivity index (χ2v) is 6.60. The van der Waals surface area contributed by atoms with Gasteiger partial charge in [-0.25, -0.2) is 4.98 Å². The lowest BCUT2D eigenvalue weighted by Gasteiger charge is -2.18. The molecule has 4 heteroatoms. The number of hydrogen-bond acceptors (Lipinski definition) is 4. The van der Waals surface area contributed by atoms with Crippen LogP contribution in [0.1, 0.15) is 35.7 Å². The number of thiazole rings is 1. The number of nitrogens with one attached hydrogen (secondary N) is 1. The molecule has 2 nitrogen and oxygen atoms in total. The van der Waals surface area contributed by atoms with Crippen molar-refractivity contribution in [1.82, 2.24) is 10.3 Å². The highest BCUT2D eigenvalue weighted by Gasteiger charge is 2.13. The van der Waals surface area contributed by atoms with Crippen LogP contribution >= 0.6 is 23.1 Å². The molecule has 0 saturated carbocycles. The lowest BCUT2D eigenvalue weighted by Crippen LogP contribution is -2.24. The van der Waals surface area contributed by atoms with Gasteiger partial charge in [0.15, 0.2) is 0 Å². The van der Waals surface area contributed by atoms with E-state index in [-0.39, 0.29) is 0 Å². The number of aromatic nitrogens is 1. The monoisotopic (exact) mass is 306 g/mol. The molecule has 1 aromatic carbocycles. The van der Waals surface area contributed by atoms with Gasteiger partial charge in [0.1, 0.15) is 5.01 Å². The highest BCUT2D eigenvalue weighted by Crippen LogP contribution is 2.21. The van der Waals surface area contributed by atoms with Gasteiger partial charge in [0, 0.05) is 23.6 Å². The second kappa shape index (κ2) is 8.45. The number of benzene rings is 1. The molecule has 0 bridgehead atoms. The van der Waals surface area contributed by atoms with Crippen LogP contribution in [0.3, 0.4) is 0 Å². The van der Waals surface area contributed by atoms with Crippen LogP contribution in [-0.4, -0.2) is 17.8 Å². The predicted molar refractivity (Wildman–Crippen MR) is 90.5 cm³/mol. The Morgan fingerprint density at radius 2 is 2.10 bits per heavy atom. The molecular formula is C16H22N2S2. The third kappa shape index (κ3) is 4.62. The number of hydrogen-bond donors (Lipinski definition) is 1. The van der Waals surface area contributed by atoms with E-state index in [0.717, 1.165) is 25.1 Å². The summed E-state index contributed by atoms with van der Waals surface area (Å²) in [7, 11) is 0. The molecule has 108 valence electrons. The predicted octanol–water partition coefficient (Wildman–Crippen LogP) is 4.29. The number of rotatable bonds is 8. The van der Waals surface area contributed by atoms with Gasteiger partial charge in [-0.15, -0.1) is 11.3 Å². The van der Waals surface area contributed by atoms with Crippen molar-refractivity contribution in [1.29, 1.82) is 0 Å². The van der Waals surface area contributed by atoms with E-state index >= 15 is 0 Å². The van der Waals surface area contributed by atoms with Crippen LogP contribution in [0.15, 0.2) is 35.7 Å². The Labute approximate surface area is 130 Å². The van der Waals surface area contributed by atoms with Crippen molar-refractivity contribution in [3.8, 4) is 0 Å². The Morgan fingerprint density at radius 3 is 2.80 bits per heavy atom. The Morgan fingerprint density at radius 1 is 1.30 bits per heavy atom. The third-order valence-corrected chi connectivity index (χ3v) is 4.77. The van der Waals surface area contributed by atoms with Crippen molar-refractivity contribution in [3.63, 3.8) is 0 Å². The van der Waals surface area contributed by atoms with Gasteiger partial charge < -0.3 is 5.32 Å². The minimum Gasteiger partial charge on any atom is -0.310 e. The fraction of sp³-hybridized carbons (Fsp3) is 0.438. The summed E-state index contributed by atoms with van der Waals surface area (Å²) in [5, 5.41) is 7.07. The first-order valence-electron chi connectivity index (χ1n) is 7.04. The summed E-state index contributed by atoms with van der Waals surface area (Å²) in [6, 6.07) is 11.0. The van der Waals surface area contributed by atoms with Crippen LogP contribution in [0.25, 0.3) is 0 Å². The molecule has 2 aromatic rings. The smallest absolute Gasteiger partial charge is 0.103 e. The topological polar surface area (TPSA) is 24.9 Å². The van der Waals surface area contributed by atoms with E-state index in [2.05, 4.69) is 54.2 Å². The van der Waals surface area contributed by atoms with Gasteiger partial charge in [-0.1, -0.05) is 37.3 Å². The molecule has 1 aromatic heterocycles. The Balaban J connectivity index is 2.06. The van der Waals surface area contributed by atoms with Gasteiger partial charge in [-0.2, -0.15) is 11.8 Å². The molecule has 0 saturated heterocycles. The first-order chi connectivity index (χ1) is 9.83. The standard InChI is InChI=1S/C16H22N2S2/c1-3-9-17-15(13-7-5-4-6-8-13)10-14-11-20-16(18-14)12-19-2/h4-8,11,15,17H,3,9-10,12H2,1-2H3. The Kier molecular flexibility index (Phi) is 6.57. The highest BCUT2D eigenvalue weighted by molar-refractivity contribution is 7.97. The van der Waals surface area contributed by atoms with Crippen LogP contribution in [0.2, 0.25) is 0 Å².